The highest BCUT2D eigenvalue weighted by Crippen LogP contribution is 2.26. The lowest BCUT2D eigenvalue weighted by atomic mass is 10.0. The molecule has 4 rings (SSSR count). The number of rotatable bonds is 14. The van der Waals surface area contributed by atoms with Crippen molar-refractivity contribution in [3.05, 3.63) is 90.3 Å². The van der Waals surface area contributed by atoms with Crippen LogP contribution < -0.4 is 14.8 Å². The van der Waals surface area contributed by atoms with E-state index < -0.39 is 0 Å². The molecule has 1 N–H and O–H groups in total. The molecule has 0 aliphatic carbocycles. The summed E-state index contributed by atoms with van der Waals surface area (Å²) < 4.78 is 14.0. The second-order valence-electron chi connectivity index (χ2n) is 9.47. The minimum atomic E-state index is -0.0929. The molecule has 0 atom stereocenters. The number of nitrogens with zero attached hydrogens (tertiary/aromatic N) is 2. The standard InChI is InChI=1S/C31H37N3O3/c1-24(2)26-15-8-11-18-29(26)36-22-21-34-28-17-10-9-16-27(28)33-30(34)19-7-4-12-20-32-31(35)23-37-25-13-5-3-6-14-25/h3,5-6,8-11,13-18,24H,4,7,12,19-23H2,1-2H3,(H,32,35). The highest BCUT2D eigenvalue weighted by Gasteiger charge is 2.12. The van der Waals surface area contributed by atoms with Gasteiger partial charge in [0, 0.05) is 13.0 Å². The highest BCUT2D eigenvalue weighted by atomic mass is 16.5. The van der Waals surface area contributed by atoms with Crippen molar-refractivity contribution in [3.8, 4) is 11.5 Å². The number of amides is 1. The molecule has 0 saturated heterocycles. The zero-order valence-corrected chi connectivity index (χ0v) is 21.9. The Morgan fingerprint density at radius 3 is 2.49 bits per heavy atom. The van der Waals surface area contributed by atoms with Crippen LogP contribution in [0.3, 0.4) is 0 Å². The van der Waals surface area contributed by atoms with Crippen LogP contribution in [0.15, 0.2) is 78.9 Å². The van der Waals surface area contributed by atoms with E-state index in [-0.39, 0.29) is 12.5 Å². The largest absolute Gasteiger partial charge is 0.491 e. The van der Waals surface area contributed by atoms with Crippen molar-refractivity contribution in [1.82, 2.24) is 14.9 Å². The lowest BCUT2D eigenvalue weighted by Crippen LogP contribution is -2.29. The summed E-state index contributed by atoms with van der Waals surface area (Å²) >= 11 is 0. The van der Waals surface area contributed by atoms with E-state index in [4.69, 9.17) is 14.5 Å². The molecular formula is C31H37N3O3. The number of aryl methyl sites for hydroxylation is 1. The summed E-state index contributed by atoms with van der Waals surface area (Å²) in [6, 6.07) is 25.9. The molecule has 6 heteroatoms. The average molecular weight is 500 g/mol. The van der Waals surface area contributed by atoms with Crippen molar-refractivity contribution in [3.63, 3.8) is 0 Å². The Morgan fingerprint density at radius 2 is 1.65 bits per heavy atom. The molecule has 3 aromatic carbocycles. The number of fused-ring (bicyclic) bond motifs is 1. The number of hydrogen-bond acceptors (Lipinski definition) is 4. The van der Waals surface area contributed by atoms with Crippen molar-refractivity contribution in [2.24, 2.45) is 0 Å². The van der Waals surface area contributed by atoms with E-state index >= 15 is 0 Å². The Labute approximate surface area is 219 Å². The van der Waals surface area contributed by atoms with Crippen LogP contribution in [-0.2, 0) is 17.8 Å². The van der Waals surface area contributed by atoms with Gasteiger partial charge in [-0.05, 0) is 54.7 Å². The monoisotopic (exact) mass is 499 g/mol. The van der Waals surface area contributed by atoms with E-state index in [1.807, 2.05) is 42.5 Å². The van der Waals surface area contributed by atoms with Crippen LogP contribution in [0.5, 0.6) is 11.5 Å². The van der Waals surface area contributed by atoms with Gasteiger partial charge in [0.05, 0.1) is 17.6 Å². The molecule has 0 saturated carbocycles. The van der Waals surface area contributed by atoms with Crippen LogP contribution in [0.4, 0.5) is 0 Å². The Balaban J connectivity index is 1.23. The second kappa shape index (κ2) is 13.5. The third-order valence-electron chi connectivity index (χ3n) is 6.36. The van der Waals surface area contributed by atoms with Gasteiger partial charge in [0.15, 0.2) is 6.61 Å². The number of carbonyl (C=O) groups is 1. The number of nitrogens with one attached hydrogen (secondary N) is 1. The van der Waals surface area contributed by atoms with Gasteiger partial charge in [-0.3, -0.25) is 4.79 Å². The second-order valence-corrected chi connectivity index (χ2v) is 9.47. The highest BCUT2D eigenvalue weighted by molar-refractivity contribution is 5.77. The lowest BCUT2D eigenvalue weighted by molar-refractivity contribution is -0.123. The van der Waals surface area contributed by atoms with Crippen LogP contribution in [0.25, 0.3) is 11.0 Å². The number of carbonyl (C=O) groups excluding carboxylic acids is 1. The van der Waals surface area contributed by atoms with Gasteiger partial charge in [-0.25, -0.2) is 4.98 Å². The molecule has 194 valence electrons. The number of hydrogen-bond donors (Lipinski definition) is 1. The van der Waals surface area contributed by atoms with Gasteiger partial charge in [0.1, 0.15) is 23.9 Å². The van der Waals surface area contributed by atoms with E-state index in [0.29, 0.717) is 24.8 Å². The minimum absolute atomic E-state index is 0.0394. The van der Waals surface area contributed by atoms with Gasteiger partial charge in [-0.15, -0.1) is 0 Å². The molecule has 0 radical (unpaired) electrons. The third kappa shape index (κ3) is 7.59. The summed E-state index contributed by atoms with van der Waals surface area (Å²) in [4.78, 5) is 16.9. The van der Waals surface area contributed by atoms with Gasteiger partial charge < -0.3 is 19.4 Å². The normalized spacial score (nSPS) is 11.1. The predicted molar refractivity (Wildman–Crippen MR) is 148 cm³/mol. The molecule has 0 aliphatic heterocycles. The predicted octanol–water partition coefficient (Wildman–Crippen LogP) is 6.15. The van der Waals surface area contributed by atoms with Crippen molar-refractivity contribution in [1.29, 1.82) is 0 Å². The molecule has 0 fully saturated rings. The molecule has 0 bridgehead atoms. The maximum atomic E-state index is 12.0. The summed E-state index contributed by atoms with van der Waals surface area (Å²) in [6.07, 6.45) is 3.84. The zero-order valence-electron chi connectivity index (χ0n) is 21.9. The topological polar surface area (TPSA) is 65.4 Å². The van der Waals surface area contributed by atoms with Crippen molar-refractivity contribution < 1.29 is 14.3 Å². The Bertz CT molecular complexity index is 1270. The van der Waals surface area contributed by atoms with Crippen LogP contribution in [0.1, 0.15) is 50.4 Å². The fourth-order valence-electron chi connectivity index (χ4n) is 4.43. The van der Waals surface area contributed by atoms with E-state index in [1.165, 1.54) is 5.56 Å². The summed E-state index contributed by atoms with van der Waals surface area (Å²) in [5.74, 6) is 3.07. The quantitative estimate of drug-likeness (QED) is 0.212. The SMILES string of the molecule is CC(C)c1ccccc1OCCn1c(CCCCCNC(=O)COc2ccccc2)nc2ccccc21. The van der Waals surface area contributed by atoms with Gasteiger partial charge in [0.25, 0.3) is 5.91 Å². The third-order valence-corrected chi connectivity index (χ3v) is 6.36. The number of aromatic nitrogens is 2. The fourth-order valence-corrected chi connectivity index (χ4v) is 4.43. The molecule has 4 aromatic rings. The Kier molecular flexibility index (Phi) is 9.58. The van der Waals surface area contributed by atoms with Gasteiger partial charge in [-0.1, -0.05) is 68.8 Å². The first-order chi connectivity index (χ1) is 18.1. The summed E-state index contributed by atoms with van der Waals surface area (Å²) in [6.45, 7) is 6.41. The first-order valence-electron chi connectivity index (χ1n) is 13.2. The molecule has 0 aliphatic rings. The van der Waals surface area contributed by atoms with Gasteiger partial charge in [0.2, 0.25) is 0 Å². The van der Waals surface area contributed by atoms with Gasteiger partial charge in [-0.2, -0.15) is 0 Å². The van der Waals surface area contributed by atoms with Crippen LogP contribution in [0.2, 0.25) is 0 Å². The Morgan fingerprint density at radius 1 is 0.892 bits per heavy atom. The number of benzene rings is 3. The zero-order chi connectivity index (χ0) is 25.9. The van der Waals surface area contributed by atoms with E-state index in [0.717, 1.165) is 54.8 Å². The molecule has 1 heterocycles. The number of ether oxygens (including phenoxy) is 2. The smallest absolute Gasteiger partial charge is 0.257 e. The van der Waals surface area contributed by atoms with Crippen molar-refractivity contribution in [2.45, 2.75) is 52.0 Å². The van der Waals surface area contributed by atoms with E-state index in [2.05, 4.69) is 60.1 Å². The molecule has 6 nitrogen and oxygen atoms in total. The number of para-hydroxylation sites is 4. The molecule has 0 spiro atoms. The van der Waals surface area contributed by atoms with Gasteiger partial charge >= 0.3 is 0 Å². The summed E-state index contributed by atoms with van der Waals surface area (Å²) in [5, 5.41) is 2.94. The van der Waals surface area contributed by atoms with Crippen LogP contribution in [0, 0.1) is 0 Å². The molecular weight excluding hydrogens is 462 g/mol. The maximum absolute atomic E-state index is 12.0. The fraction of sp³-hybridized carbons (Fsp3) is 0.355. The Hall–Kier alpha value is -3.80. The van der Waals surface area contributed by atoms with Crippen LogP contribution in [-0.4, -0.2) is 35.2 Å². The molecule has 0 unspecified atom stereocenters. The maximum Gasteiger partial charge on any atom is 0.257 e. The van der Waals surface area contributed by atoms with Crippen molar-refractivity contribution in [2.75, 3.05) is 19.8 Å². The number of unbranched alkanes of at least 4 members (excludes halogenated alkanes) is 2. The first kappa shape index (κ1) is 26.3. The number of imidazole rings is 1. The van der Waals surface area contributed by atoms with E-state index in [1.54, 1.807) is 0 Å². The lowest BCUT2D eigenvalue weighted by Gasteiger charge is -2.15. The minimum Gasteiger partial charge on any atom is -0.491 e. The average Bonchev–Trinajstić information content (AvgIpc) is 3.27. The first-order valence-corrected chi connectivity index (χ1v) is 13.2. The summed E-state index contributed by atoms with van der Waals surface area (Å²) in [7, 11) is 0. The molecule has 1 amide bonds. The molecule has 37 heavy (non-hydrogen) atoms. The summed E-state index contributed by atoms with van der Waals surface area (Å²) in [5.41, 5.74) is 3.40. The van der Waals surface area contributed by atoms with Crippen molar-refractivity contribution >= 4 is 16.9 Å². The molecule has 1 aromatic heterocycles. The van der Waals surface area contributed by atoms with E-state index in [9.17, 15) is 4.79 Å². The van der Waals surface area contributed by atoms with Crippen LogP contribution >= 0.6 is 0 Å².